The number of aliphatic hydroxyl groups is 1. The van der Waals surface area contributed by atoms with Gasteiger partial charge < -0.3 is 15.3 Å². The summed E-state index contributed by atoms with van der Waals surface area (Å²) in [6.07, 6.45) is 3.56. The maximum Gasteiger partial charge on any atom is 0.198 e. The van der Waals surface area contributed by atoms with Gasteiger partial charge in [-0.1, -0.05) is 6.42 Å². The number of oxazole rings is 1. The molecule has 18 heavy (non-hydrogen) atoms. The molecule has 0 spiro atoms. The minimum Gasteiger partial charge on any atom is -0.440 e. The van der Waals surface area contributed by atoms with Crippen LogP contribution in [-0.2, 0) is 5.60 Å². The van der Waals surface area contributed by atoms with Gasteiger partial charge in [-0.3, -0.25) is 0 Å². The first-order chi connectivity index (χ1) is 8.45. The molecule has 1 aromatic carbocycles. The smallest absolute Gasteiger partial charge is 0.198 e. The van der Waals surface area contributed by atoms with Crippen LogP contribution >= 0.6 is 0 Å². The van der Waals surface area contributed by atoms with E-state index in [0.717, 1.165) is 24.2 Å². The van der Waals surface area contributed by atoms with Crippen LogP contribution in [0.25, 0.3) is 11.1 Å². The van der Waals surface area contributed by atoms with E-state index >= 15 is 0 Å². The molecule has 96 valence electrons. The molecule has 1 aliphatic rings. The van der Waals surface area contributed by atoms with Gasteiger partial charge in [-0.05, 0) is 38.8 Å². The fourth-order valence-corrected chi connectivity index (χ4v) is 2.37. The van der Waals surface area contributed by atoms with Crippen molar-refractivity contribution >= 4 is 16.8 Å². The normalized spacial score (nSPS) is 17.1. The lowest BCUT2D eigenvalue weighted by molar-refractivity contribution is 0.0794. The lowest BCUT2D eigenvalue weighted by Gasteiger charge is -2.21. The van der Waals surface area contributed by atoms with Crippen molar-refractivity contribution < 1.29 is 9.52 Å². The number of hydrogen-bond donors (Lipinski definition) is 2. The van der Waals surface area contributed by atoms with Gasteiger partial charge in [0.05, 0.1) is 5.60 Å². The summed E-state index contributed by atoms with van der Waals surface area (Å²) in [5.41, 5.74) is 7.73. The quantitative estimate of drug-likeness (QED) is 0.799. The van der Waals surface area contributed by atoms with E-state index in [9.17, 15) is 5.11 Å². The number of anilines is 1. The van der Waals surface area contributed by atoms with Crippen molar-refractivity contribution in [2.45, 2.75) is 44.6 Å². The molecule has 4 nitrogen and oxygen atoms in total. The van der Waals surface area contributed by atoms with E-state index in [0.29, 0.717) is 22.8 Å². The second-order valence-electron chi connectivity index (χ2n) is 5.65. The third-order valence-corrected chi connectivity index (χ3v) is 3.69. The van der Waals surface area contributed by atoms with Gasteiger partial charge in [-0.25, -0.2) is 4.98 Å². The van der Waals surface area contributed by atoms with Crippen LogP contribution in [0.2, 0.25) is 0 Å². The highest BCUT2D eigenvalue weighted by Gasteiger charge is 2.26. The highest BCUT2D eigenvalue weighted by molar-refractivity contribution is 5.79. The number of nitrogens with two attached hydrogens (primary N) is 1. The van der Waals surface area contributed by atoms with E-state index in [2.05, 4.69) is 4.98 Å². The second kappa shape index (κ2) is 3.72. The minimum absolute atomic E-state index is 0.462. The molecule has 0 radical (unpaired) electrons. The molecule has 2 aromatic rings. The Bertz CT molecular complexity index is 592. The first-order valence-electron chi connectivity index (χ1n) is 6.38. The highest BCUT2D eigenvalue weighted by Crippen LogP contribution is 2.38. The highest BCUT2D eigenvalue weighted by atomic mass is 16.3. The Morgan fingerprint density at radius 3 is 2.67 bits per heavy atom. The summed E-state index contributed by atoms with van der Waals surface area (Å²) in [7, 11) is 0. The van der Waals surface area contributed by atoms with Crippen molar-refractivity contribution in [2.75, 3.05) is 5.73 Å². The SMILES string of the molecule is CC(C)(O)c1cc2oc(C3CCC3)nc2cc1N. The molecular formula is C14H18N2O2. The zero-order chi connectivity index (χ0) is 12.9. The van der Waals surface area contributed by atoms with Crippen molar-refractivity contribution in [3.8, 4) is 0 Å². The average molecular weight is 246 g/mol. The van der Waals surface area contributed by atoms with Gasteiger partial charge in [0.1, 0.15) is 5.52 Å². The second-order valence-corrected chi connectivity index (χ2v) is 5.65. The number of fused-ring (bicyclic) bond motifs is 1. The van der Waals surface area contributed by atoms with Crippen LogP contribution in [0.4, 0.5) is 5.69 Å². The Balaban J connectivity index is 2.11. The first kappa shape index (κ1) is 11.5. The summed E-state index contributed by atoms with van der Waals surface area (Å²) < 4.78 is 5.78. The van der Waals surface area contributed by atoms with Crippen molar-refractivity contribution in [3.63, 3.8) is 0 Å². The predicted octanol–water partition coefficient (Wildman–Crippen LogP) is 2.90. The fraction of sp³-hybridized carbons (Fsp3) is 0.500. The van der Waals surface area contributed by atoms with Crippen molar-refractivity contribution in [1.29, 1.82) is 0 Å². The zero-order valence-corrected chi connectivity index (χ0v) is 10.7. The van der Waals surface area contributed by atoms with E-state index in [-0.39, 0.29) is 0 Å². The number of benzene rings is 1. The molecule has 0 unspecified atom stereocenters. The molecule has 0 aliphatic heterocycles. The monoisotopic (exact) mass is 246 g/mol. The number of aromatic nitrogens is 1. The molecule has 0 amide bonds. The molecule has 1 aliphatic carbocycles. The number of hydrogen-bond acceptors (Lipinski definition) is 4. The zero-order valence-electron chi connectivity index (χ0n) is 10.7. The summed E-state index contributed by atoms with van der Waals surface area (Å²) in [5.74, 6) is 1.27. The number of rotatable bonds is 2. The minimum atomic E-state index is -0.971. The van der Waals surface area contributed by atoms with Crippen molar-refractivity contribution in [1.82, 2.24) is 4.98 Å². The largest absolute Gasteiger partial charge is 0.440 e. The van der Waals surface area contributed by atoms with E-state index in [1.807, 2.05) is 0 Å². The van der Waals surface area contributed by atoms with Crippen molar-refractivity contribution in [3.05, 3.63) is 23.6 Å². The first-order valence-corrected chi connectivity index (χ1v) is 6.38. The summed E-state index contributed by atoms with van der Waals surface area (Å²) in [6.45, 7) is 3.43. The summed E-state index contributed by atoms with van der Waals surface area (Å²) in [4.78, 5) is 4.49. The fourth-order valence-electron chi connectivity index (χ4n) is 2.37. The van der Waals surface area contributed by atoms with Gasteiger partial charge in [0.25, 0.3) is 0 Å². The molecule has 1 fully saturated rings. The third kappa shape index (κ3) is 1.77. The molecular weight excluding hydrogens is 228 g/mol. The predicted molar refractivity (Wildman–Crippen MR) is 70.3 cm³/mol. The van der Waals surface area contributed by atoms with E-state index in [1.165, 1.54) is 6.42 Å². The third-order valence-electron chi connectivity index (χ3n) is 3.69. The maximum absolute atomic E-state index is 10.1. The van der Waals surface area contributed by atoms with E-state index in [4.69, 9.17) is 10.2 Å². The van der Waals surface area contributed by atoms with Crippen LogP contribution in [0, 0.1) is 0 Å². The summed E-state index contributed by atoms with van der Waals surface area (Å²) in [6, 6.07) is 3.59. The summed E-state index contributed by atoms with van der Waals surface area (Å²) in [5, 5.41) is 10.1. The van der Waals surface area contributed by atoms with Gasteiger partial charge in [0, 0.05) is 17.2 Å². The van der Waals surface area contributed by atoms with Crippen LogP contribution in [0.15, 0.2) is 16.5 Å². The Morgan fingerprint density at radius 1 is 1.39 bits per heavy atom. The molecule has 1 aromatic heterocycles. The summed E-state index contributed by atoms with van der Waals surface area (Å²) >= 11 is 0. The molecule has 1 heterocycles. The lowest BCUT2D eigenvalue weighted by Crippen LogP contribution is -2.17. The Labute approximate surface area is 106 Å². The van der Waals surface area contributed by atoms with Crippen LogP contribution < -0.4 is 5.73 Å². The van der Waals surface area contributed by atoms with E-state index < -0.39 is 5.60 Å². The topological polar surface area (TPSA) is 72.3 Å². The van der Waals surface area contributed by atoms with Gasteiger partial charge in [-0.2, -0.15) is 0 Å². The van der Waals surface area contributed by atoms with Crippen LogP contribution in [0.1, 0.15) is 50.5 Å². The lowest BCUT2D eigenvalue weighted by atomic mass is 9.85. The molecule has 4 heteroatoms. The molecule has 0 saturated heterocycles. The van der Waals surface area contributed by atoms with Crippen LogP contribution in [-0.4, -0.2) is 10.1 Å². The average Bonchev–Trinajstić information content (AvgIpc) is 2.54. The molecule has 0 bridgehead atoms. The molecule has 3 N–H and O–H groups in total. The van der Waals surface area contributed by atoms with Gasteiger partial charge >= 0.3 is 0 Å². The van der Waals surface area contributed by atoms with Gasteiger partial charge in [0.2, 0.25) is 0 Å². The standard InChI is InChI=1S/C14H18N2O2/c1-14(2,17)9-6-12-11(7-10(9)15)16-13(18-12)8-4-3-5-8/h6-8,17H,3-5,15H2,1-2H3. The molecule has 3 rings (SSSR count). The Hall–Kier alpha value is -1.55. The van der Waals surface area contributed by atoms with Gasteiger partial charge in [-0.15, -0.1) is 0 Å². The van der Waals surface area contributed by atoms with E-state index in [1.54, 1.807) is 26.0 Å². The maximum atomic E-state index is 10.1. The Kier molecular flexibility index (Phi) is 2.38. The van der Waals surface area contributed by atoms with Gasteiger partial charge in [0.15, 0.2) is 11.5 Å². The number of nitrogens with zero attached hydrogens (tertiary/aromatic N) is 1. The van der Waals surface area contributed by atoms with Crippen LogP contribution in [0.5, 0.6) is 0 Å². The van der Waals surface area contributed by atoms with Crippen molar-refractivity contribution in [2.24, 2.45) is 0 Å². The molecule has 0 atom stereocenters. The Morgan fingerprint density at radius 2 is 2.11 bits per heavy atom. The molecule has 1 saturated carbocycles. The van der Waals surface area contributed by atoms with Crippen LogP contribution in [0.3, 0.4) is 0 Å². The number of nitrogen functional groups attached to an aromatic ring is 1.